The van der Waals surface area contributed by atoms with E-state index in [-0.39, 0.29) is 5.91 Å². The molecule has 0 aliphatic carbocycles. The van der Waals surface area contributed by atoms with Crippen molar-refractivity contribution in [1.82, 2.24) is 10.3 Å². The van der Waals surface area contributed by atoms with Gasteiger partial charge in [0.05, 0.1) is 0 Å². The molecule has 3 nitrogen and oxygen atoms in total. The molecule has 3 heteroatoms. The van der Waals surface area contributed by atoms with Crippen molar-refractivity contribution < 1.29 is 4.79 Å². The number of carbonyl (C=O) groups excluding carboxylic acids is 1. The summed E-state index contributed by atoms with van der Waals surface area (Å²) in [5, 5.41) is 2.71. The van der Waals surface area contributed by atoms with E-state index in [1.165, 1.54) is 0 Å². The van der Waals surface area contributed by atoms with Gasteiger partial charge in [0, 0.05) is 12.2 Å². The number of carbonyl (C=O) groups is 1. The molecule has 1 rings (SSSR count). The molecule has 1 aromatic heterocycles. The van der Waals surface area contributed by atoms with Crippen molar-refractivity contribution in [3.05, 3.63) is 35.7 Å². The van der Waals surface area contributed by atoms with E-state index in [9.17, 15) is 4.79 Å². The van der Waals surface area contributed by atoms with Crippen LogP contribution in [0.25, 0.3) is 0 Å². The van der Waals surface area contributed by atoms with Gasteiger partial charge in [-0.3, -0.25) is 4.79 Å². The maximum atomic E-state index is 11.4. The Kier molecular flexibility index (Phi) is 2.90. The number of hydrogen-bond donors (Lipinski definition) is 2. The summed E-state index contributed by atoms with van der Waals surface area (Å²) in [5.74, 6) is -0.0782. The van der Waals surface area contributed by atoms with Crippen LogP contribution in [0, 0.1) is 13.8 Å². The van der Waals surface area contributed by atoms with E-state index in [0.717, 1.165) is 11.3 Å². The number of aromatic nitrogens is 1. The summed E-state index contributed by atoms with van der Waals surface area (Å²) in [6, 6.07) is 1.95. The van der Waals surface area contributed by atoms with Crippen LogP contribution in [0.2, 0.25) is 0 Å². The lowest BCUT2D eigenvalue weighted by molar-refractivity contribution is 0.0953. The Balaban J connectivity index is 2.76. The molecule has 2 N–H and O–H groups in total. The molecule has 0 aliphatic rings. The second-order valence-corrected chi connectivity index (χ2v) is 3.01. The van der Waals surface area contributed by atoms with Gasteiger partial charge < -0.3 is 10.3 Å². The smallest absolute Gasteiger partial charge is 0.268 e. The number of aromatic amines is 1. The van der Waals surface area contributed by atoms with Gasteiger partial charge in [0.1, 0.15) is 5.69 Å². The summed E-state index contributed by atoms with van der Waals surface area (Å²) in [7, 11) is 0. The first-order chi connectivity index (χ1) is 6.15. The fourth-order valence-corrected chi connectivity index (χ4v) is 1.22. The highest BCUT2D eigenvalue weighted by Crippen LogP contribution is 2.08. The first-order valence-corrected chi connectivity index (χ1v) is 4.20. The van der Waals surface area contributed by atoms with Gasteiger partial charge in [-0.25, -0.2) is 0 Å². The Bertz CT molecular complexity index is 326. The molecular formula is C10H14N2O. The van der Waals surface area contributed by atoms with E-state index in [4.69, 9.17) is 0 Å². The third-order valence-corrected chi connectivity index (χ3v) is 1.78. The molecule has 1 amide bonds. The number of aryl methyl sites for hydroxylation is 2. The van der Waals surface area contributed by atoms with Gasteiger partial charge in [-0.2, -0.15) is 0 Å². The quantitative estimate of drug-likeness (QED) is 0.678. The summed E-state index contributed by atoms with van der Waals surface area (Å²) in [4.78, 5) is 14.5. The monoisotopic (exact) mass is 178 g/mol. The van der Waals surface area contributed by atoms with Crippen molar-refractivity contribution in [2.24, 2.45) is 0 Å². The van der Waals surface area contributed by atoms with Crippen molar-refractivity contribution in [1.29, 1.82) is 0 Å². The first kappa shape index (κ1) is 9.58. The summed E-state index contributed by atoms with van der Waals surface area (Å²) < 4.78 is 0. The summed E-state index contributed by atoms with van der Waals surface area (Å²) >= 11 is 0. The Morgan fingerprint density at radius 2 is 2.38 bits per heavy atom. The average molecular weight is 178 g/mol. The Hall–Kier alpha value is -1.51. The highest BCUT2D eigenvalue weighted by Gasteiger charge is 2.09. The predicted octanol–water partition coefficient (Wildman–Crippen LogP) is 1.55. The third kappa shape index (κ3) is 2.21. The van der Waals surface area contributed by atoms with Crippen molar-refractivity contribution in [2.45, 2.75) is 13.8 Å². The summed E-state index contributed by atoms with van der Waals surface area (Å²) in [6.07, 6.45) is 1.66. The van der Waals surface area contributed by atoms with Crippen LogP contribution in [0.15, 0.2) is 18.7 Å². The molecule has 0 aromatic carbocycles. The van der Waals surface area contributed by atoms with Gasteiger partial charge in [-0.15, -0.1) is 6.58 Å². The third-order valence-electron chi connectivity index (χ3n) is 1.78. The predicted molar refractivity (Wildman–Crippen MR) is 52.8 cm³/mol. The van der Waals surface area contributed by atoms with Crippen molar-refractivity contribution in [3.8, 4) is 0 Å². The second-order valence-electron chi connectivity index (χ2n) is 3.01. The topological polar surface area (TPSA) is 44.9 Å². The summed E-state index contributed by atoms with van der Waals surface area (Å²) in [6.45, 7) is 7.86. The summed E-state index contributed by atoms with van der Waals surface area (Å²) in [5.41, 5.74) is 2.61. The highest BCUT2D eigenvalue weighted by molar-refractivity contribution is 5.94. The zero-order valence-electron chi connectivity index (χ0n) is 7.98. The van der Waals surface area contributed by atoms with Gasteiger partial charge in [0.25, 0.3) is 5.91 Å². The van der Waals surface area contributed by atoms with Gasteiger partial charge in [-0.05, 0) is 25.5 Å². The zero-order chi connectivity index (χ0) is 9.84. The Morgan fingerprint density at radius 3 is 2.85 bits per heavy atom. The molecule has 0 spiro atoms. The van der Waals surface area contributed by atoms with Crippen molar-refractivity contribution >= 4 is 5.91 Å². The number of amides is 1. The van der Waals surface area contributed by atoms with Crippen LogP contribution in [-0.4, -0.2) is 17.4 Å². The molecule has 13 heavy (non-hydrogen) atoms. The van der Waals surface area contributed by atoms with E-state index < -0.39 is 0 Å². The van der Waals surface area contributed by atoms with Gasteiger partial charge in [0.15, 0.2) is 0 Å². The SMILES string of the molecule is C=CCNC(=O)c1[nH]c(C)cc1C. The minimum Gasteiger partial charge on any atom is -0.354 e. The molecule has 70 valence electrons. The molecular weight excluding hydrogens is 164 g/mol. The van der Waals surface area contributed by atoms with Crippen molar-refractivity contribution in [3.63, 3.8) is 0 Å². The van der Waals surface area contributed by atoms with Gasteiger partial charge in [-0.1, -0.05) is 6.08 Å². The number of rotatable bonds is 3. The van der Waals surface area contributed by atoms with E-state index in [1.807, 2.05) is 19.9 Å². The van der Waals surface area contributed by atoms with E-state index in [2.05, 4.69) is 16.9 Å². The van der Waals surface area contributed by atoms with Crippen LogP contribution in [-0.2, 0) is 0 Å². The van der Waals surface area contributed by atoms with Crippen LogP contribution in [0.5, 0.6) is 0 Å². The second kappa shape index (κ2) is 3.94. The number of H-pyrrole nitrogens is 1. The van der Waals surface area contributed by atoms with E-state index in [1.54, 1.807) is 6.08 Å². The number of nitrogens with one attached hydrogen (secondary N) is 2. The fraction of sp³-hybridized carbons (Fsp3) is 0.300. The lowest BCUT2D eigenvalue weighted by atomic mass is 10.2. The molecule has 0 bridgehead atoms. The first-order valence-electron chi connectivity index (χ1n) is 4.20. The van der Waals surface area contributed by atoms with E-state index >= 15 is 0 Å². The molecule has 0 saturated carbocycles. The van der Waals surface area contributed by atoms with Crippen LogP contribution < -0.4 is 5.32 Å². The Labute approximate surface area is 77.9 Å². The van der Waals surface area contributed by atoms with Gasteiger partial charge >= 0.3 is 0 Å². The lowest BCUT2D eigenvalue weighted by Crippen LogP contribution is -2.24. The largest absolute Gasteiger partial charge is 0.354 e. The van der Waals surface area contributed by atoms with Crippen LogP contribution >= 0.6 is 0 Å². The minimum atomic E-state index is -0.0782. The molecule has 0 saturated heterocycles. The van der Waals surface area contributed by atoms with E-state index in [0.29, 0.717) is 12.2 Å². The molecule has 1 heterocycles. The molecule has 1 aromatic rings. The molecule has 0 unspecified atom stereocenters. The van der Waals surface area contributed by atoms with Crippen LogP contribution in [0.4, 0.5) is 0 Å². The maximum absolute atomic E-state index is 11.4. The number of hydrogen-bond acceptors (Lipinski definition) is 1. The van der Waals surface area contributed by atoms with Crippen LogP contribution in [0.3, 0.4) is 0 Å². The zero-order valence-corrected chi connectivity index (χ0v) is 7.98. The van der Waals surface area contributed by atoms with Crippen molar-refractivity contribution in [2.75, 3.05) is 6.54 Å². The highest BCUT2D eigenvalue weighted by atomic mass is 16.1. The lowest BCUT2D eigenvalue weighted by Gasteiger charge is -2.00. The maximum Gasteiger partial charge on any atom is 0.268 e. The molecule has 0 radical (unpaired) electrons. The van der Waals surface area contributed by atoms with Crippen LogP contribution in [0.1, 0.15) is 21.7 Å². The molecule has 0 aliphatic heterocycles. The fourth-order valence-electron chi connectivity index (χ4n) is 1.22. The molecule has 0 atom stereocenters. The molecule has 0 fully saturated rings. The average Bonchev–Trinajstić information content (AvgIpc) is 2.41. The van der Waals surface area contributed by atoms with Gasteiger partial charge in [0.2, 0.25) is 0 Å². The normalized spacial score (nSPS) is 9.69. The minimum absolute atomic E-state index is 0.0782. The Morgan fingerprint density at radius 1 is 1.69 bits per heavy atom. The standard InChI is InChI=1S/C10H14N2O/c1-4-5-11-10(13)9-7(2)6-8(3)12-9/h4,6,12H,1,5H2,2-3H3,(H,11,13).